The van der Waals surface area contributed by atoms with Crippen LogP contribution < -0.4 is 4.90 Å². The SMILES string of the molecule is Cc1cc(C(F)(F)F)c(-c2cc(C3(c4ncc(C)o4)CC3)nc(N3CCOCC3)n2)cn1. The number of alkyl halides is 3. The van der Waals surface area contributed by atoms with Gasteiger partial charge in [0.15, 0.2) is 0 Å². The fraction of sp³-hybridized carbons (Fsp3) is 0.455. The molecule has 168 valence electrons. The average molecular weight is 445 g/mol. The molecule has 0 aromatic carbocycles. The summed E-state index contributed by atoms with van der Waals surface area (Å²) in [4.78, 5) is 19.7. The number of aryl methyl sites for hydroxylation is 2. The number of nitrogens with zero attached hydrogens (tertiary/aromatic N) is 5. The summed E-state index contributed by atoms with van der Waals surface area (Å²) in [6, 6.07) is 2.67. The average Bonchev–Trinajstić information content (AvgIpc) is 3.48. The minimum absolute atomic E-state index is 0.0688. The molecule has 0 N–H and O–H groups in total. The topological polar surface area (TPSA) is 77.2 Å². The molecule has 32 heavy (non-hydrogen) atoms. The van der Waals surface area contributed by atoms with Crippen LogP contribution in [-0.4, -0.2) is 46.2 Å². The van der Waals surface area contributed by atoms with Crippen LogP contribution in [-0.2, 0) is 16.3 Å². The standard InChI is InChI=1S/C22H22F3N5O2/c1-13-9-16(22(23,24)25)15(12-26-13)17-10-18(21(3-4-21)19-27-11-14(2)32-19)29-20(28-17)30-5-7-31-8-6-30/h9-12H,3-8H2,1-2H3. The monoisotopic (exact) mass is 445 g/mol. The molecule has 0 spiro atoms. The predicted octanol–water partition coefficient (Wildman–Crippen LogP) is 4.08. The van der Waals surface area contributed by atoms with Crippen molar-refractivity contribution in [1.29, 1.82) is 0 Å². The Morgan fingerprint density at radius 2 is 1.75 bits per heavy atom. The lowest BCUT2D eigenvalue weighted by molar-refractivity contribution is -0.137. The molecule has 0 radical (unpaired) electrons. The van der Waals surface area contributed by atoms with E-state index in [9.17, 15) is 13.2 Å². The van der Waals surface area contributed by atoms with Crippen LogP contribution >= 0.6 is 0 Å². The first-order valence-corrected chi connectivity index (χ1v) is 10.5. The Labute approximate surface area is 182 Å². The molecule has 2 aliphatic rings. The number of hydrogen-bond donors (Lipinski definition) is 0. The van der Waals surface area contributed by atoms with Gasteiger partial charge in [0.25, 0.3) is 0 Å². The van der Waals surface area contributed by atoms with Crippen LogP contribution in [0.5, 0.6) is 0 Å². The molecule has 1 saturated carbocycles. The molecule has 0 bridgehead atoms. The van der Waals surface area contributed by atoms with Crippen LogP contribution in [0.2, 0.25) is 0 Å². The summed E-state index contributed by atoms with van der Waals surface area (Å²) in [5.74, 6) is 1.59. The Morgan fingerprint density at radius 3 is 2.38 bits per heavy atom. The molecule has 2 fully saturated rings. The Hall–Kier alpha value is -3.01. The maximum Gasteiger partial charge on any atom is 0.417 e. The molecular weight excluding hydrogens is 423 g/mol. The van der Waals surface area contributed by atoms with Crippen molar-refractivity contribution in [3.05, 3.63) is 53.1 Å². The van der Waals surface area contributed by atoms with Gasteiger partial charge in [-0.25, -0.2) is 15.0 Å². The van der Waals surface area contributed by atoms with Crippen molar-refractivity contribution >= 4 is 5.95 Å². The minimum atomic E-state index is -4.54. The zero-order chi connectivity index (χ0) is 22.5. The van der Waals surface area contributed by atoms with E-state index in [1.165, 1.54) is 13.1 Å². The van der Waals surface area contributed by atoms with Crippen molar-refractivity contribution < 1.29 is 22.3 Å². The van der Waals surface area contributed by atoms with Gasteiger partial charge in [0, 0.05) is 30.5 Å². The van der Waals surface area contributed by atoms with Gasteiger partial charge in [-0.2, -0.15) is 13.2 Å². The fourth-order valence-electron chi connectivity index (χ4n) is 4.00. The lowest BCUT2D eigenvalue weighted by Crippen LogP contribution is -2.37. The van der Waals surface area contributed by atoms with Crippen LogP contribution in [0.25, 0.3) is 11.3 Å². The molecular formula is C22H22F3N5O2. The van der Waals surface area contributed by atoms with E-state index in [-0.39, 0.29) is 17.0 Å². The molecule has 10 heteroatoms. The molecule has 0 atom stereocenters. The van der Waals surface area contributed by atoms with Crippen LogP contribution in [0.1, 0.15) is 41.4 Å². The van der Waals surface area contributed by atoms with Gasteiger partial charge < -0.3 is 14.1 Å². The number of anilines is 1. The lowest BCUT2D eigenvalue weighted by Gasteiger charge is -2.28. The normalized spacial score (nSPS) is 18.1. The molecule has 5 rings (SSSR count). The van der Waals surface area contributed by atoms with E-state index in [1.54, 1.807) is 12.3 Å². The van der Waals surface area contributed by atoms with Crippen molar-refractivity contribution in [1.82, 2.24) is 19.9 Å². The predicted molar refractivity (Wildman–Crippen MR) is 109 cm³/mol. The van der Waals surface area contributed by atoms with E-state index in [2.05, 4.69) is 15.0 Å². The first-order valence-electron chi connectivity index (χ1n) is 10.5. The molecule has 0 unspecified atom stereocenters. The number of rotatable bonds is 4. The molecule has 1 saturated heterocycles. The van der Waals surface area contributed by atoms with E-state index >= 15 is 0 Å². The van der Waals surface area contributed by atoms with Gasteiger partial charge in [-0.3, -0.25) is 4.98 Å². The molecule has 3 aromatic rings. The number of ether oxygens (including phenoxy) is 1. The summed E-state index contributed by atoms with van der Waals surface area (Å²) in [6.07, 6.45) is -0.146. The van der Waals surface area contributed by atoms with Gasteiger partial charge in [0.1, 0.15) is 5.76 Å². The molecule has 1 aliphatic heterocycles. The summed E-state index contributed by atoms with van der Waals surface area (Å²) in [7, 11) is 0. The number of morpholine rings is 1. The molecule has 7 nitrogen and oxygen atoms in total. The Bertz CT molecular complexity index is 1150. The molecule has 4 heterocycles. The van der Waals surface area contributed by atoms with E-state index in [0.717, 1.165) is 18.9 Å². The number of oxazole rings is 1. The largest absolute Gasteiger partial charge is 0.445 e. The third-order valence-electron chi connectivity index (χ3n) is 5.90. The van der Waals surface area contributed by atoms with Crippen molar-refractivity contribution in [3.8, 4) is 11.3 Å². The number of hydrogen-bond acceptors (Lipinski definition) is 7. The second-order valence-electron chi connectivity index (χ2n) is 8.27. The van der Waals surface area contributed by atoms with Crippen molar-refractivity contribution in [2.45, 2.75) is 38.3 Å². The summed E-state index contributed by atoms with van der Waals surface area (Å²) in [5.41, 5.74) is -0.299. The van der Waals surface area contributed by atoms with Gasteiger partial charge in [-0.15, -0.1) is 0 Å². The van der Waals surface area contributed by atoms with Gasteiger partial charge >= 0.3 is 6.18 Å². The Balaban J connectivity index is 1.68. The lowest BCUT2D eigenvalue weighted by atomic mass is 9.98. The summed E-state index contributed by atoms with van der Waals surface area (Å²) < 4.78 is 52.8. The summed E-state index contributed by atoms with van der Waals surface area (Å²) >= 11 is 0. The van der Waals surface area contributed by atoms with E-state index < -0.39 is 17.2 Å². The van der Waals surface area contributed by atoms with Gasteiger partial charge in [0.2, 0.25) is 11.8 Å². The number of halogens is 3. The highest BCUT2D eigenvalue weighted by atomic mass is 19.4. The second kappa shape index (κ2) is 7.54. The smallest absolute Gasteiger partial charge is 0.417 e. The Morgan fingerprint density at radius 1 is 1.00 bits per heavy atom. The Kier molecular flexibility index (Phi) is 4.92. The first kappa shape index (κ1) is 20.9. The third-order valence-corrected chi connectivity index (χ3v) is 5.90. The maximum absolute atomic E-state index is 13.9. The highest BCUT2D eigenvalue weighted by molar-refractivity contribution is 5.66. The van der Waals surface area contributed by atoms with E-state index in [1.807, 2.05) is 11.8 Å². The van der Waals surface area contributed by atoms with Crippen molar-refractivity contribution in [3.63, 3.8) is 0 Å². The first-order chi connectivity index (χ1) is 15.3. The minimum Gasteiger partial charge on any atom is -0.445 e. The van der Waals surface area contributed by atoms with Crippen LogP contribution in [0, 0.1) is 13.8 Å². The number of pyridine rings is 1. The van der Waals surface area contributed by atoms with Gasteiger partial charge in [-0.05, 0) is 38.8 Å². The highest BCUT2D eigenvalue weighted by Crippen LogP contribution is 2.53. The van der Waals surface area contributed by atoms with Crippen LogP contribution in [0.4, 0.5) is 19.1 Å². The van der Waals surface area contributed by atoms with Gasteiger partial charge in [0.05, 0.1) is 41.8 Å². The van der Waals surface area contributed by atoms with Crippen molar-refractivity contribution in [2.24, 2.45) is 0 Å². The maximum atomic E-state index is 13.9. The van der Waals surface area contributed by atoms with Crippen LogP contribution in [0.3, 0.4) is 0 Å². The van der Waals surface area contributed by atoms with Crippen molar-refractivity contribution in [2.75, 3.05) is 31.2 Å². The number of aromatic nitrogens is 4. The fourth-order valence-corrected chi connectivity index (χ4v) is 4.00. The zero-order valence-corrected chi connectivity index (χ0v) is 17.7. The third kappa shape index (κ3) is 3.72. The molecule has 3 aromatic heterocycles. The van der Waals surface area contributed by atoms with Crippen LogP contribution in [0.15, 0.2) is 28.9 Å². The van der Waals surface area contributed by atoms with Gasteiger partial charge in [-0.1, -0.05) is 0 Å². The quantitative estimate of drug-likeness (QED) is 0.599. The van der Waals surface area contributed by atoms with E-state index in [0.29, 0.717) is 49.6 Å². The highest BCUT2D eigenvalue weighted by Gasteiger charge is 2.52. The summed E-state index contributed by atoms with van der Waals surface area (Å²) in [5, 5.41) is 0. The van der Waals surface area contributed by atoms with E-state index in [4.69, 9.17) is 14.1 Å². The zero-order valence-electron chi connectivity index (χ0n) is 17.7. The second-order valence-corrected chi connectivity index (χ2v) is 8.27. The molecule has 1 aliphatic carbocycles. The summed E-state index contributed by atoms with van der Waals surface area (Å²) in [6.45, 7) is 5.48. The molecule has 0 amide bonds.